The zero-order valence-electron chi connectivity index (χ0n) is 40.2. The van der Waals surface area contributed by atoms with Crippen LogP contribution in [0, 0.1) is 75.9 Å². The molecule has 4 aromatic carbocycles. The second kappa shape index (κ2) is 30.9. The zero-order valence-corrected chi connectivity index (χ0v) is 40.2. The summed E-state index contributed by atoms with van der Waals surface area (Å²) in [5.74, 6) is -21.2. The highest BCUT2D eigenvalue weighted by Gasteiger charge is 2.43. The van der Waals surface area contributed by atoms with Gasteiger partial charge in [0.05, 0.1) is 31.0 Å². The third-order valence-electron chi connectivity index (χ3n) is 12.0. The lowest BCUT2D eigenvalue weighted by Gasteiger charge is -2.46. The fourth-order valence-corrected chi connectivity index (χ4v) is 8.41. The van der Waals surface area contributed by atoms with Crippen molar-refractivity contribution in [1.29, 1.82) is 0 Å². The second-order valence-corrected chi connectivity index (χ2v) is 17.4. The van der Waals surface area contributed by atoms with Crippen LogP contribution in [0.4, 0.5) is 52.7 Å². The van der Waals surface area contributed by atoms with Crippen LogP contribution in [0.25, 0.3) is 0 Å². The summed E-state index contributed by atoms with van der Waals surface area (Å²) < 4.78 is 186. The first kappa shape index (κ1) is 58.8. The summed E-state index contributed by atoms with van der Waals surface area (Å²) in [6, 6.07) is 5.10. The zero-order chi connectivity index (χ0) is 50.9. The maximum Gasteiger partial charge on any atom is 0.864 e. The summed E-state index contributed by atoms with van der Waals surface area (Å²) in [6.07, 6.45) is 18.8. The van der Waals surface area contributed by atoms with Crippen LogP contribution in [0.2, 0.25) is 0 Å². The molecule has 1 unspecified atom stereocenters. The number of hydrogen-bond acceptors (Lipinski definition) is 3. The number of quaternary nitrogens is 1. The Balaban J connectivity index is 0.00000125. The normalized spacial score (nSPS) is 11.9. The third kappa shape index (κ3) is 18.6. The van der Waals surface area contributed by atoms with Crippen LogP contribution in [0.5, 0.6) is 17.2 Å². The topological polar surface area (TPSA) is 27.7 Å². The molecular formula is C52H66BF12NO3. The van der Waals surface area contributed by atoms with Gasteiger partial charge < -0.3 is 18.4 Å². The Hall–Kier alpha value is -4.54. The first-order valence-corrected chi connectivity index (χ1v) is 24.4. The number of rotatable bonds is 31. The average molecular weight is 992 g/mol. The van der Waals surface area contributed by atoms with Gasteiger partial charge in [0, 0.05) is 48.4 Å². The van der Waals surface area contributed by atoms with Gasteiger partial charge in [-0.25, -0.2) is 43.9 Å². The van der Waals surface area contributed by atoms with Crippen molar-refractivity contribution in [1.82, 2.24) is 0 Å². The lowest BCUT2D eigenvalue weighted by atomic mass is 9.92. The van der Waals surface area contributed by atoms with E-state index in [2.05, 4.69) is 26.8 Å². The van der Waals surface area contributed by atoms with Crippen molar-refractivity contribution >= 4 is 7.32 Å². The van der Waals surface area contributed by atoms with E-state index in [1.807, 2.05) is 6.92 Å². The van der Waals surface area contributed by atoms with E-state index in [9.17, 15) is 39.5 Å². The molecule has 0 aliphatic rings. The van der Waals surface area contributed by atoms with Crippen LogP contribution >= 0.6 is 0 Å². The van der Waals surface area contributed by atoms with Crippen LogP contribution in [-0.2, 0) is 0 Å². The standard InChI is InChI=1S/C46H64BF9NO3.C6H2F3/c1-5-9-12-15-18-21-25-57(26-22-19-16-13-10-6-2,27-23-20-17-14-11-7-3)40(24-8-4)42-41(32-39(52)45(55)46(42)56)60-47(58-33-28-35(48)43(53)36(49)29-33)59-34-30-37(50)44(54)38(51)31-34;7-4-2-1-3-5(8)6(4)9/h28-32,40H,5-27H2,1-4H3;2-3H/q+1;-1. The molecule has 0 radical (unpaired) electrons. The highest BCUT2D eigenvalue weighted by atomic mass is 19.2. The molecule has 0 saturated carbocycles. The number of nitrogens with zero attached hydrogens (tertiary/aromatic N) is 1. The van der Waals surface area contributed by atoms with E-state index in [0.717, 1.165) is 128 Å². The fourth-order valence-electron chi connectivity index (χ4n) is 8.41. The van der Waals surface area contributed by atoms with Crippen LogP contribution in [0.15, 0.2) is 42.5 Å². The summed E-state index contributed by atoms with van der Waals surface area (Å²) >= 11 is 0. The molecule has 4 nitrogen and oxygen atoms in total. The third-order valence-corrected chi connectivity index (χ3v) is 12.0. The molecule has 69 heavy (non-hydrogen) atoms. The molecule has 0 bridgehead atoms. The van der Waals surface area contributed by atoms with Gasteiger partial charge in [-0.05, 0) is 38.5 Å². The molecule has 0 saturated heterocycles. The van der Waals surface area contributed by atoms with Gasteiger partial charge in [0.1, 0.15) is 23.3 Å². The Morgan fingerprint density at radius 3 is 1.12 bits per heavy atom. The molecule has 4 aromatic rings. The molecule has 0 heterocycles. The van der Waals surface area contributed by atoms with Crippen molar-refractivity contribution in [3.05, 3.63) is 124 Å². The van der Waals surface area contributed by atoms with Gasteiger partial charge in [-0.2, -0.15) is 6.07 Å². The Labute approximate surface area is 400 Å². The van der Waals surface area contributed by atoms with E-state index in [-0.39, 0.29) is 5.56 Å². The van der Waals surface area contributed by atoms with Crippen LogP contribution in [0.3, 0.4) is 0 Å². The van der Waals surface area contributed by atoms with Crippen molar-refractivity contribution in [2.75, 3.05) is 19.6 Å². The molecule has 0 aliphatic heterocycles. The predicted octanol–water partition coefficient (Wildman–Crippen LogP) is 17.1. The minimum Gasteiger partial charge on any atom is -0.489 e. The van der Waals surface area contributed by atoms with Crippen LogP contribution in [0.1, 0.15) is 168 Å². The number of benzene rings is 4. The number of hydrogen-bond donors (Lipinski definition) is 0. The molecule has 1 atom stereocenters. The molecule has 0 fully saturated rings. The highest BCUT2D eigenvalue weighted by molar-refractivity contribution is 6.39. The van der Waals surface area contributed by atoms with E-state index in [4.69, 9.17) is 14.0 Å². The Bertz CT molecular complexity index is 1980. The maximum atomic E-state index is 16.7. The Morgan fingerprint density at radius 1 is 0.406 bits per heavy atom. The maximum absolute atomic E-state index is 16.7. The number of halogens is 12. The van der Waals surface area contributed by atoms with Gasteiger partial charge in [0.15, 0.2) is 52.4 Å². The lowest BCUT2D eigenvalue weighted by Crippen LogP contribution is -2.53. The van der Waals surface area contributed by atoms with Gasteiger partial charge in [-0.3, -0.25) is 8.78 Å². The molecule has 4 rings (SSSR count). The smallest absolute Gasteiger partial charge is 0.489 e. The predicted molar refractivity (Wildman–Crippen MR) is 244 cm³/mol. The first-order chi connectivity index (χ1) is 33.0. The molecule has 384 valence electrons. The van der Waals surface area contributed by atoms with Gasteiger partial charge in [0.25, 0.3) is 0 Å². The van der Waals surface area contributed by atoms with Crippen molar-refractivity contribution in [2.45, 2.75) is 162 Å². The van der Waals surface area contributed by atoms with E-state index in [1.54, 1.807) is 0 Å². The van der Waals surface area contributed by atoms with E-state index in [1.165, 1.54) is 0 Å². The second-order valence-electron chi connectivity index (χ2n) is 17.4. The van der Waals surface area contributed by atoms with E-state index >= 15 is 13.2 Å². The molecule has 17 heteroatoms. The molecule has 0 aromatic heterocycles. The minimum absolute atomic E-state index is 0.316. The summed E-state index contributed by atoms with van der Waals surface area (Å²) in [5.41, 5.74) is -0.316. The van der Waals surface area contributed by atoms with Crippen molar-refractivity contribution in [3.63, 3.8) is 0 Å². The summed E-state index contributed by atoms with van der Waals surface area (Å²) in [7, 11) is -2.33. The van der Waals surface area contributed by atoms with Crippen LogP contribution < -0.4 is 14.0 Å². The monoisotopic (exact) mass is 991 g/mol. The summed E-state index contributed by atoms with van der Waals surface area (Å²) in [6.45, 7) is 10.2. The molecule has 0 aliphatic carbocycles. The van der Waals surface area contributed by atoms with Gasteiger partial charge in [-0.15, -0.1) is 12.1 Å². The van der Waals surface area contributed by atoms with Gasteiger partial charge in [0.2, 0.25) is 0 Å². The molecule has 0 N–H and O–H groups in total. The lowest BCUT2D eigenvalue weighted by molar-refractivity contribution is -0.958. The SMILES string of the molecule is CCCCCCCC[N+](CCCCCCCC)(CCCCCCCC)C(CCC)c1c(OB(Oc2cc(F)c(F)c(F)c2)Oc2cc(F)c(F)c(F)c2)cc(F)c(F)c1F.Fc1c[c-]cc(F)c1F. The Kier molecular flexibility index (Phi) is 26.4. The van der Waals surface area contributed by atoms with Crippen molar-refractivity contribution < 1.29 is 71.1 Å². The quantitative estimate of drug-likeness (QED) is 0.0126. The van der Waals surface area contributed by atoms with Crippen LogP contribution in [-0.4, -0.2) is 31.4 Å². The minimum atomic E-state index is -2.33. The summed E-state index contributed by atoms with van der Waals surface area (Å²) in [5, 5.41) is 0. The molecular weight excluding hydrogens is 925 g/mol. The molecule has 0 amide bonds. The molecule has 0 spiro atoms. The Morgan fingerprint density at radius 2 is 0.754 bits per heavy atom. The van der Waals surface area contributed by atoms with Gasteiger partial charge in [-0.1, -0.05) is 111 Å². The fraction of sp³-hybridized carbons (Fsp3) is 0.538. The van der Waals surface area contributed by atoms with Crippen molar-refractivity contribution in [3.8, 4) is 17.2 Å². The van der Waals surface area contributed by atoms with Crippen molar-refractivity contribution in [2.24, 2.45) is 0 Å². The first-order valence-electron chi connectivity index (χ1n) is 24.4. The number of unbranched alkanes of at least 4 members (excludes halogenated alkanes) is 15. The van der Waals surface area contributed by atoms with E-state index < -0.39 is 100 Å². The highest BCUT2D eigenvalue weighted by Crippen LogP contribution is 2.43. The summed E-state index contributed by atoms with van der Waals surface area (Å²) in [4.78, 5) is 0. The van der Waals surface area contributed by atoms with Gasteiger partial charge >= 0.3 is 7.32 Å². The largest absolute Gasteiger partial charge is 0.864 e. The van der Waals surface area contributed by atoms with E-state index in [0.29, 0.717) is 67.3 Å². The average Bonchev–Trinajstić information content (AvgIpc) is 3.31.